The number of nitrogens with zero attached hydrogens (tertiary/aromatic N) is 3. The maximum Gasteiger partial charge on any atom is 0.257 e. The molecular formula is C24H30N4O3. The van der Waals surface area contributed by atoms with Crippen molar-refractivity contribution in [2.75, 3.05) is 32.0 Å². The average Bonchev–Trinajstić information content (AvgIpc) is 3.10. The van der Waals surface area contributed by atoms with Gasteiger partial charge in [-0.1, -0.05) is 25.1 Å². The van der Waals surface area contributed by atoms with Crippen LogP contribution in [0.1, 0.15) is 50.9 Å². The standard InChI is InChI=1S/C24H30N4O3/c1-4-17-7-5-6-15(2)19(17)12-18-13-21-26-16(3)20(14-29)28(21)23(25)22(18)24(30)27-8-10-31-11-9-27/h5-7,13,29H,4,8-12,14,25H2,1-3H3. The van der Waals surface area contributed by atoms with E-state index in [0.717, 1.165) is 12.0 Å². The number of imidazole rings is 1. The minimum atomic E-state index is -0.195. The van der Waals surface area contributed by atoms with E-state index in [-0.39, 0.29) is 12.5 Å². The van der Waals surface area contributed by atoms with Crippen LogP contribution >= 0.6 is 0 Å². The normalized spacial score (nSPS) is 14.4. The van der Waals surface area contributed by atoms with Crippen LogP contribution in [0.4, 0.5) is 5.82 Å². The lowest BCUT2D eigenvalue weighted by Crippen LogP contribution is -2.41. The lowest BCUT2D eigenvalue weighted by molar-refractivity contribution is 0.0302. The summed E-state index contributed by atoms with van der Waals surface area (Å²) < 4.78 is 7.14. The molecule has 0 aliphatic carbocycles. The number of morpholine rings is 1. The number of hydrogen-bond acceptors (Lipinski definition) is 5. The maximum absolute atomic E-state index is 13.6. The summed E-state index contributed by atoms with van der Waals surface area (Å²) in [5.74, 6) is 0.236. The number of aryl methyl sites for hydroxylation is 3. The van der Waals surface area contributed by atoms with Gasteiger partial charge in [0.25, 0.3) is 5.91 Å². The molecule has 1 aliphatic heterocycles. The van der Waals surface area contributed by atoms with Crippen LogP contribution in [0.15, 0.2) is 24.3 Å². The molecule has 0 saturated carbocycles. The van der Waals surface area contributed by atoms with Crippen LogP contribution in [0.3, 0.4) is 0 Å². The Balaban J connectivity index is 1.92. The molecule has 1 aliphatic rings. The van der Waals surface area contributed by atoms with Crippen LogP contribution in [0, 0.1) is 13.8 Å². The molecule has 0 bridgehead atoms. The monoisotopic (exact) mass is 422 g/mol. The predicted molar refractivity (Wildman–Crippen MR) is 120 cm³/mol. The van der Waals surface area contributed by atoms with Gasteiger partial charge in [-0.25, -0.2) is 4.98 Å². The zero-order valence-corrected chi connectivity index (χ0v) is 18.4. The van der Waals surface area contributed by atoms with Crippen molar-refractivity contribution in [2.45, 2.75) is 40.2 Å². The Bertz CT molecular complexity index is 1130. The summed E-state index contributed by atoms with van der Waals surface area (Å²) in [5, 5.41) is 9.89. The van der Waals surface area contributed by atoms with E-state index in [4.69, 9.17) is 10.5 Å². The zero-order chi connectivity index (χ0) is 22.1. The SMILES string of the molecule is CCc1cccc(C)c1Cc1cc2nc(C)c(CO)n2c(N)c1C(=O)N1CCOCC1. The number of pyridine rings is 1. The number of nitrogen functional groups attached to an aromatic ring is 1. The highest BCUT2D eigenvalue weighted by molar-refractivity contribution is 6.01. The van der Waals surface area contributed by atoms with Gasteiger partial charge < -0.3 is 20.5 Å². The van der Waals surface area contributed by atoms with Crippen LogP contribution in [0.5, 0.6) is 0 Å². The van der Waals surface area contributed by atoms with Gasteiger partial charge in [-0.3, -0.25) is 9.20 Å². The summed E-state index contributed by atoms with van der Waals surface area (Å²) in [6.45, 7) is 8.01. The van der Waals surface area contributed by atoms with Crippen LogP contribution < -0.4 is 5.73 Å². The number of ether oxygens (including phenoxy) is 1. The molecule has 2 aromatic heterocycles. The molecule has 3 heterocycles. The van der Waals surface area contributed by atoms with Crippen molar-refractivity contribution in [3.8, 4) is 0 Å². The Kier molecular flexibility index (Phi) is 5.98. The third-order valence-corrected chi connectivity index (χ3v) is 6.24. The van der Waals surface area contributed by atoms with Gasteiger partial charge in [-0.05, 0) is 55.0 Å². The number of hydrogen-bond donors (Lipinski definition) is 2. The van der Waals surface area contributed by atoms with E-state index in [1.54, 1.807) is 9.30 Å². The molecule has 0 unspecified atom stereocenters. The molecule has 164 valence electrons. The third-order valence-electron chi connectivity index (χ3n) is 6.24. The van der Waals surface area contributed by atoms with Crippen LogP contribution in [0.2, 0.25) is 0 Å². The first-order chi connectivity index (χ1) is 15.0. The molecule has 7 heteroatoms. The van der Waals surface area contributed by atoms with E-state index in [1.165, 1.54) is 16.7 Å². The highest BCUT2D eigenvalue weighted by atomic mass is 16.5. The summed E-state index contributed by atoms with van der Waals surface area (Å²) in [7, 11) is 0. The molecule has 0 radical (unpaired) electrons. The largest absolute Gasteiger partial charge is 0.390 e. The van der Waals surface area contributed by atoms with Crippen LogP contribution in [-0.4, -0.2) is 51.6 Å². The second-order valence-electron chi connectivity index (χ2n) is 8.07. The summed E-state index contributed by atoms with van der Waals surface area (Å²) in [4.78, 5) is 20.0. The van der Waals surface area contributed by atoms with E-state index in [2.05, 4.69) is 37.0 Å². The quantitative estimate of drug-likeness (QED) is 0.659. The van der Waals surface area contributed by atoms with Crippen molar-refractivity contribution >= 4 is 17.4 Å². The molecule has 7 nitrogen and oxygen atoms in total. The van der Waals surface area contributed by atoms with E-state index >= 15 is 0 Å². The smallest absolute Gasteiger partial charge is 0.257 e. The first kappa shape index (κ1) is 21.3. The van der Waals surface area contributed by atoms with Crippen molar-refractivity contribution in [1.29, 1.82) is 0 Å². The Labute approximate surface area is 182 Å². The molecule has 3 aromatic rings. The molecular weight excluding hydrogens is 392 g/mol. The summed E-state index contributed by atoms with van der Waals surface area (Å²) in [5.41, 5.74) is 13.6. The van der Waals surface area contributed by atoms with Crippen molar-refractivity contribution in [3.63, 3.8) is 0 Å². The number of benzene rings is 1. The van der Waals surface area contributed by atoms with Crippen molar-refractivity contribution in [1.82, 2.24) is 14.3 Å². The number of aromatic nitrogens is 2. The third kappa shape index (κ3) is 3.79. The molecule has 0 spiro atoms. The molecule has 0 atom stereocenters. The topological polar surface area (TPSA) is 93.1 Å². The van der Waals surface area contributed by atoms with Gasteiger partial charge in [0.1, 0.15) is 11.5 Å². The number of aliphatic hydroxyl groups excluding tert-OH is 1. The maximum atomic E-state index is 13.6. The fraction of sp³-hybridized carbons (Fsp3) is 0.417. The summed E-state index contributed by atoms with van der Waals surface area (Å²) in [6.07, 6.45) is 1.51. The number of rotatable bonds is 5. The van der Waals surface area contributed by atoms with Gasteiger partial charge in [0.15, 0.2) is 0 Å². The lowest BCUT2D eigenvalue weighted by atomic mass is 9.92. The number of carbonyl (C=O) groups is 1. The summed E-state index contributed by atoms with van der Waals surface area (Å²) in [6, 6.07) is 8.25. The molecule has 1 amide bonds. The van der Waals surface area contributed by atoms with Gasteiger partial charge in [0.2, 0.25) is 0 Å². The van der Waals surface area contributed by atoms with Gasteiger partial charge in [0, 0.05) is 13.1 Å². The first-order valence-corrected chi connectivity index (χ1v) is 10.8. The van der Waals surface area contributed by atoms with Gasteiger partial charge in [-0.2, -0.15) is 0 Å². The highest BCUT2D eigenvalue weighted by Crippen LogP contribution is 2.29. The minimum absolute atomic E-state index is 0.0976. The van der Waals surface area contributed by atoms with Crippen molar-refractivity contribution in [3.05, 3.63) is 63.5 Å². The summed E-state index contributed by atoms with van der Waals surface area (Å²) >= 11 is 0. The van der Waals surface area contributed by atoms with Gasteiger partial charge >= 0.3 is 0 Å². The lowest BCUT2D eigenvalue weighted by Gasteiger charge is -2.28. The van der Waals surface area contributed by atoms with Gasteiger partial charge in [0.05, 0.1) is 36.8 Å². The zero-order valence-electron chi connectivity index (χ0n) is 18.4. The second kappa shape index (κ2) is 8.69. The number of nitrogens with two attached hydrogens (primary N) is 1. The Morgan fingerprint density at radius 1 is 1.23 bits per heavy atom. The Morgan fingerprint density at radius 3 is 2.65 bits per heavy atom. The number of anilines is 1. The number of carbonyl (C=O) groups excluding carboxylic acids is 1. The van der Waals surface area contributed by atoms with E-state index in [0.29, 0.717) is 61.1 Å². The van der Waals surface area contributed by atoms with E-state index < -0.39 is 0 Å². The molecule has 1 fully saturated rings. The predicted octanol–water partition coefficient (Wildman–Crippen LogP) is 2.65. The minimum Gasteiger partial charge on any atom is -0.390 e. The van der Waals surface area contributed by atoms with Gasteiger partial charge in [-0.15, -0.1) is 0 Å². The average molecular weight is 423 g/mol. The van der Waals surface area contributed by atoms with E-state index in [9.17, 15) is 9.90 Å². The number of aliphatic hydroxyl groups is 1. The molecule has 3 N–H and O–H groups in total. The fourth-order valence-corrected chi connectivity index (χ4v) is 4.49. The Hall–Kier alpha value is -2.90. The van der Waals surface area contributed by atoms with Crippen LogP contribution in [-0.2, 0) is 24.2 Å². The molecule has 1 saturated heterocycles. The first-order valence-electron chi connectivity index (χ1n) is 10.8. The molecule has 1 aromatic carbocycles. The Morgan fingerprint density at radius 2 is 1.97 bits per heavy atom. The number of amides is 1. The fourth-order valence-electron chi connectivity index (χ4n) is 4.49. The molecule has 4 rings (SSSR count). The number of fused-ring (bicyclic) bond motifs is 1. The van der Waals surface area contributed by atoms with Crippen LogP contribution in [0.25, 0.3) is 5.65 Å². The van der Waals surface area contributed by atoms with Crippen molar-refractivity contribution < 1.29 is 14.6 Å². The highest BCUT2D eigenvalue weighted by Gasteiger charge is 2.27. The second-order valence-corrected chi connectivity index (χ2v) is 8.07. The van der Waals surface area contributed by atoms with E-state index in [1.807, 2.05) is 13.0 Å². The molecule has 31 heavy (non-hydrogen) atoms. The van der Waals surface area contributed by atoms with Crippen molar-refractivity contribution in [2.24, 2.45) is 0 Å².